The molecule has 3 aliphatic rings. The van der Waals surface area contributed by atoms with Gasteiger partial charge in [0.05, 0.1) is 4.88 Å². The number of thiophene rings is 1. The molecule has 3 aliphatic heterocycles. The molecule has 1 aromatic carbocycles. The van der Waals surface area contributed by atoms with Crippen molar-refractivity contribution >= 4 is 27.3 Å². The molecule has 0 radical (unpaired) electrons. The Bertz CT molecular complexity index is 761. The van der Waals surface area contributed by atoms with E-state index in [4.69, 9.17) is 0 Å². The van der Waals surface area contributed by atoms with Crippen LogP contribution < -0.4 is 5.32 Å². The van der Waals surface area contributed by atoms with Crippen molar-refractivity contribution in [3.63, 3.8) is 0 Å². The van der Waals surface area contributed by atoms with E-state index in [2.05, 4.69) is 24.1 Å². The first-order chi connectivity index (χ1) is 10.9. The van der Waals surface area contributed by atoms with E-state index in [1.807, 2.05) is 0 Å². The number of nitrogens with zero attached hydrogens (tertiary/aromatic N) is 1. The zero-order valence-electron chi connectivity index (χ0n) is 13.4. The Hall–Kier alpha value is -1.46. The minimum atomic E-state index is -0.263. The molecule has 1 N–H and O–H groups in total. The third-order valence-corrected chi connectivity index (χ3v) is 6.69. The maximum atomic E-state index is 13.3. The fourth-order valence-corrected chi connectivity index (χ4v) is 5.16. The minimum Gasteiger partial charge on any atom is -0.346 e. The van der Waals surface area contributed by atoms with Crippen LogP contribution in [-0.4, -0.2) is 35.5 Å². The summed E-state index contributed by atoms with van der Waals surface area (Å²) in [7, 11) is 0. The standard InChI is InChI=1S/C18H21FN2OS/c1-18(2)16(11-5-7-21(18)8-6-11)20-17(22)15-10-12-9-13(19)3-4-14(12)23-15/h3-4,9-11,16H,5-8H2,1-2H3,(H,20,22)/t16-/m0/s1. The van der Waals surface area contributed by atoms with Gasteiger partial charge in [-0.1, -0.05) is 0 Å². The van der Waals surface area contributed by atoms with Crippen LogP contribution in [0.5, 0.6) is 0 Å². The number of piperidine rings is 3. The second kappa shape index (κ2) is 5.28. The fourth-order valence-electron chi connectivity index (χ4n) is 4.22. The highest BCUT2D eigenvalue weighted by Crippen LogP contribution is 2.39. The second-order valence-electron chi connectivity index (χ2n) is 7.22. The summed E-state index contributed by atoms with van der Waals surface area (Å²) in [6.45, 7) is 6.71. The van der Waals surface area contributed by atoms with Crippen LogP contribution in [0, 0.1) is 11.7 Å². The highest BCUT2D eigenvalue weighted by Gasteiger charge is 2.48. The highest BCUT2D eigenvalue weighted by atomic mass is 32.1. The van der Waals surface area contributed by atoms with E-state index in [1.54, 1.807) is 12.1 Å². The average Bonchev–Trinajstić information content (AvgIpc) is 2.94. The maximum Gasteiger partial charge on any atom is 0.261 e. The molecule has 1 aromatic heterocycles. The SMILES string of the molecule is CC1(C)[C@@H](NC(=O)c2cc3cc(F)ccc3s2)C2CCN1CC2. The van der Waals surface area contributed by atoms with Gasteiger partial charge < -0.3 is 5.32 Å². The fraction of sp³-hybridized carbons (Fsp3) is 0.500. The molecule has 122 valence electrons. The summed E-state index contributed by atoms with van der Waals surface area (Å²) in [5.74, 6) is 0.269. The zero-order valence-corrected chi connectivity index (χ0v) is 14.3. The first kappa shape index (κ1) is 15.1. The van der Waals surface area contributed by atoms with Crippen LogP contribution in [0.15, 0.2) is 24.3 Å². The van der Waals surface area contributed by atoms with Crippen LogP contribution in [0.3, 0.4) is 0 Å². The van der Waals surface area contributed by atoms with Gasteiger partial charge >= 0.3 is 0 Å². The van der Waals surface area contributed by atoms with Gasteiger partial charge in [0.15, 0.2) is 0 Å². The summed E-state index contributed by atoms with van der Waals surface area (Å²) in [4.78, 5) is 15.9. The van der Waals surface area contributed by atoms with Gasteiger partial charge in [-0.25, -0.2) is 4.39 Å². The van der Waals surface area contributed by atoms with Crippen LogP contribution in [-0.2, 0) is 0 Å². The summed E-state index contributed by atoms with van der Waals surface area (Å²) < 4.78 is 14.3. The quantitative estimate of drug-likeness (QED) is 0.910. The van der Waals surface area contributed by atoms with Gasteiger partial charge in [0.25, 0.3) is 5.91 Å². The summed E-state index contributed by atoms with van der Waals surface area (Å²) in [6.07, 6.45) is 2.32. The molecular formula is C18H21FN2OS. The van der Waals surface area contributed by atoms with E-state index in [0.29, 0.717) is 10.8 Å². The molecule has 0 spiro atoms. The van der Waals surface area contributed by atoms with E-state index < -0.39 is 0 Å². The van der Waals surface area contributed by atoms with Crippen molar-refractivity contribution in [2.45, 2.75) is 38.3 Å². The van der Waals surface area contributed by atoms with Crippen LogP contribution in [0.1, 0.15) is 36.4 Å². The van der Waals surface area contributed by atoms with Crippen molar-refractivity contribution in [1.29, 1.82) is 0 Å². The lowest BCUT2D eigenvalue weighted by molar-refractivity contribution is -0.0377. The van der Waals surface area contributed by atoms with Crippen LogP contribution in [0.2, 0.25) is 0 Å². The Balaban J connectivity index is 1.59. The molecule has 5 heteroatoms. The molecule has 0 aliphatic carbocycles. The lowest BCUT2D eigenvalue weighted by Gasteiger charge is -2.56. The van der Waals surface area contributed by atoms with E-state index >= 15 is 0 Å². The Kier molecular flexibility index (Phi) is 3.46. The molecule has 3 saturated heterocycles. The Morgan fingerprint density at radius 3 is 2.74 bits per heavy atom. The monoisotopic (exact) mass is 332 g/mol. The molecule has 5 rings (SSSR count). The number of hydrogen-bond donors (Lipinski definition) is 1. The van der Waals surface area contributed by atoms with E-state index in [-0.39, 0.29) is 23.3 Å². The average molecular weight is 332 g/mol. The van der Waals surface area contributed by atoms with Gasteiger partial charge in [0.2, 0.25) is 0 Å². The van der Waals surface area contributed by atoms with Crippen LogP contribution >= 0.6 is 11.3 Å². The van der Waals surface area contributed by atoms with Crippen molar-refractivity contribution in [2.24, 2.45) is 5.92 Å². The number of carbonyl (C=O) groups excluding carboxylic acids is 1. The van der Waals surface area contributed by atoms with Crippen LogP contribution in [0.4, 0.5) is 4.39 Å². The van der Waals surface area contributed by atoms with Gasteiger partial charge in [0, 0.05) is 16.3 Å². The number of benzene rings is 1. The van der Waals surface area contributed by atoms with Gasteiger partial charge in [-0.2, -0.15) is 0 Å². The first-order valence-corrected chi connectivity index (χ1v) is 9.02. The van der Waals surface area contributed by atoms with Crippen molar-refractivity contribution < 1.29 is 9.18 Å². The predicted octanol–water partition coefficient (Wildman–Crippen LogP) is 3.64. The van der Waals surface area contributed by atoms with Gasteiger partial charge in [-0.3, -0.25) is 9.69 Å². The van der Waals surface area contributed by atoms with Gasteiger partial charge in [-0.05, 0) is 75.3 Å². The number of amides is 1. The van der Waals surface area contributed by atoms with Crippen molar-refractivity contribution in [3.8, 4) is 0 Å². The molecule has 4 heterocycles. The summed E-state index contributed by atoms with van der Waals surface area (Å²) >= 11 is 1.43. The van der Waals surface area contributed by atoms with E-state index in [9.17, 15) is 9.18 Å². The minimum absolute atomic E-state index is 0.000380. The molecule has 0 saturated carbocycles. The zero-order chi connectivity index (χ0) is 16.2. The summed E-state index contributed by atoms with van der Waals surface area (Å²) in [5, 5.41) is 4.07. The second-order valence-corrected chi connectivity index (χ2v) is 8.31. The topological polar surface area (TPSA) is 32.3 Å². The molecular weight excluding hydrogens is 311 g/mol. The predicted molar refractivity (Wildman–Crippen MR) is 91.4 cm³/mol. The van der Waals surface area contributed by atoms with Gasteiger partial charge in [0.1, 0.15) is 5.82 Å². The number of carbonyl (C=O) groups is 1. The Labute approximate surface area is 139 Å². The summed E-state index contributed by atoms with van der Waals surface area (Å²) in [5.41, 5.74) is -0.000380. The number of hydrogen-bond acceptors (Lipinski definition) is 3. The Morgan fingerprint density at radius 2 is 2.04 bits per heavy atom. The first-order valence-electron chi connectivity index (χ1n) is 8.20. The number of rotatable bonds is 2. The van der Waals surface area contributed by atoms with Gasteiger partial charge in [-0.15, -0.1) is 11.3 Å². The number of halogens is 1. The molecule has 3 fully saturated rings. The molecule has 0 unspecified atom stereocenters. The van der Waals surface area contributed by atoms with Crippen LogP contribution in [0.25, 0.3) is 10.1 Å². The third kappa shape index (κ3) is 2.46. The number of fused-ring (bicyclic) bond motifs is 4. The molecule has 2 aromatic rings. The smallest absolute Gasteiger partial charge is 0.261 e. The normalized spacial score (nSPS) is 28.9. The van der Waals surface area contributed by atoms with Crippen molar-refractivity contribution in [3.05, 3.63) is 35.0 Å². The summed E-state index contributed by atoms with van der Waals surface area (Å²) in [6, 6.07) is 6.65. The molecule has 1 amide bonds. The highest BCUT2D eigenvalue weighted by molar-refractivity contribution is 7.20. The van der Waals surface area contributed by atoms with E-state index in [0.717, 1.165) is 36.0 Å². The Morgan fingerprint density at radius 1 is 1.30 bits per heavy atom. The van der Waals surface area contributed by atoms with Crippen molar-refractivity contribution in [1.82, 2.24) is 10.2 Å². The lowest BCUT2D eigenvalue weighted by atomic mass is 9.72. The number of nitrogens with one attached hydrogen (secondary N) is 1. The molecule has 1 atom stereocenters. The maximum absolute atomic E-state index is 13.3. The molecule has 3 nitrogen and oxygen atoms in total. The van der Waals surface area contributed by atoms with Crippen molar-refractivity contribution in [2.75, 3.05) is 13.1 Å². The lowest BCUT2D eigenvalue weighted by Crippen LogP contribution is -2.69. The largest absolute Gasteiger partial charge is 0.346 e. The molecule has 2 bridgehead atoms. The third-order valence-electron chi connectivity index (χ3n) is 5.58. The molecule has 23 heavy (non-hydrogen) atoms. The van der Waals surface area contributed by atoms with E-state index in [1.165, 1.54) is 23.5 Å².